The van der Waals surface area contributed by atoms with Crippen LogP contribution in [0.4, 0.5) is 17.6 Å². The quantitative estimate of drug-likeness (QED) is 0.743. The van der Waals surface area contributed by atoms with Crippen LogP contribution in [0.15, 0.2) is 30.3 Å². The Morgan fingerprint density at radius 3 is 2.39 bits per heavy atom. The van der Waals surface area contributed by atoms with Crippen LogP contribution in [0.3, 0.4) is 0 Å². The number of carbonyl (C=O) groups excluding carboxylic acids is 2. The highest BCUT2D eigenvalue weighted by atomic mass is 19.4. The zero-order chi connectivity index (χ0) is 21.1. The summed E-state index contributed by atoms with van der Waals surface area (Å²) < 4.78 is 51.8. The van der Waals surface area contributed by atoms with Crippen molar-refractivity contribution >= 4 is 11.7 Å². The van der Waals surface area contributed by atoms with Gasteiger partial charge in [-0.05, 0) is 42.8 Å². The molecule has 4 nitrogen and oxygen atoms in total. The van der Waals surface area contributed by atoms with Crippen LogP contribution in [0.2, 0.25) is 0 Å². The summed E-state index contributed by atoms with van der Waals surface area (Å²) >= 11 is 0. The molecule has 0 saturated carbocycles. The average molecular weight is 396 g/mol. The Labute approximate surface area is 160 Å². The number of halogens is 4. The average Bonchev–Trinajstić information content (AvgIpc) is 2.57. The fourth-order valence-corrected chi connectivity index (χ4v) is 2.54. The third-order valence-corrected chi connectivity index (χ3v) is 4.01. The van der Waals surface area contributed by atoms with Crippen LogP contribution >= 0.6 is 0 Å². The largest absolute Gasteiger partial charge is 0.416 e. The predicted molar refractivity (Wildman–Crippen MR) is 95.1 cm³/mol. The molecule has 0 atom stereocenters. The van der Waals surface area contributed by atoms with Crippen LogP contribution in [-0.4, -0.2) is 16.7 Å². The van der Waals surface area contributed by atoms with E-state index in [0.29, 0.717) is 17.5 Å². The number of hydrogen-bond donors (Lipinski definition) is 1. The second kappa shape index (κ2) is 8.50. The lowest BCUT2D eigenvalue weighted by atomic mass is 10.0. The zero-order valence-electron chi connectivity index (χ0n) is 15.7. The van der Waals surface area contributed by atoms with E-state index in [9.17, 15) is 27.2 Å². The number of hydrogen-bond acceptors (Lipinski definition) is 3. The molecule has 1 aromatic carbocycles. The van der Waals surface area contributed by atoms with E-state index in [-0.39, 0.29) is 35.8 Å². The highest BCUT2D eigenvalue weighted by molar-refractivity contribution is 5.94. The number of pyridine rings is 1. The van der Waals surface area contributed by atoms with E-state index in [0.717, 1.165) is 12.1 Å². The molecule has 28 heavy (non-hydrogen) atoms. The molecule has 2 rings (SSSR count). The summed E-state index contributed by atoms with van der Waals surface area (Å²) in [6, 6.07) is 5.09. The van der Waals surface area contributed by atoms with Gasteiger partial charge in [0.25, 0.3) is 5.91 Å². The van der Waals surface area contributed by atoms with Crippen molar-refractivity contribution in [1.29, 1.82) is 0 Å². The van der Waals surface area contributed by atoms with E-state index in [4.69, 9.17) is 0 Å². The number of nitrogens with one attached hydrogen (secondary N) is 1. The van der Waals surface area contributed by atoms with Gasteiger partial charge in [-0.1, -0.05) is 13.8 Å². The molecule has 150 valence electrons. The van der Waals surface area contributed by atoms with Crippen LogP contribution < -0.4 is 5.32 Å². The molecule has 1 aromatic heterocycles. The molecule has 1 heterocycles. The Balaban J connectivity index is 2.14. The molecule has 0 radical (unpaired) electrons. The SMILES string of the molecule is Cc1cc(C(=O)NCc2cc(F)cc(C(F)(F)F)c2)cc(CC(=O)C(C)C)n1. The van der Waals surface area contributed by atoms with E-state index in [1.165, 1.54) is 12.1 Å². The van der Waals surface area contributed by atoms with E-state index in [1.807, 2.05) is 0 Å². The summed E-state index contributed by atoms with van der Waals surface area (Å²) in [6.45, 7) is 4.92. The first-order valence-corrected chi connectivity index (χ1v) is 8.61. The van der Waals surface area contributed by atoms with Crippen LogP contribution in [0, 0.1) is 18.7 Å². The molecule has 1 amide bonds. The Morgan fingerprint density at radius 1 is 1.11 bits per heavy atom. The van der Waals surface area contributed by atoms with Gasteiger partial charge in [-0.15, -0.1) is 0 Å². The molecule has 1 N–H and O–H groups in total. The third-order valence-electron chi connectivity index (χ3n) is 4.01. The van der Waals surface area contributed by atoms with E-state index in [2.05, 4.69) is 10.3 Å². The lowest BCUT2D eigenvalue weighted by Crippen LogP contribution is -2.24. The number of carbonyl (C=O) groups is 2. The molecule has 0 aliphatic carbocycles. The summed E-state index contributed by atoms with van der Waals surface area (Å²) in [6.07, 6.45) is -4.60. The fraction of sp³-hybridized carbons (Fsp3) is 0.350. The summed E-state index contributed by atoms with van der Waals surface area (Å²) in [5.41, 5.74) is 0.0671. The molecule has 0 aliphatic heterocycles. The number of nitrogens with zero attached hydrogens (tertiary/aromatic N) is 1. The Morgan fingerprint density at radius 2 is 1.79 bits per heavy atom. The summed E-state index contributed by atoms with van der Waals surface area (Å²) in [5, 5.41) is 2.47. The highest BCUT2D eigenvalue weighted by Gasteiger charge is 2.31. The second-order valence-corrected chi connectivity index (χ2v) is 6.81. The van der Waals surface area contributed by atoms with Crippen LogP contribution in [0.1, 0.15) is 46.7 Å². The van der Waals surface area contributed by atoms with Gasteiger partial charge in [0.2, 0.25) is 0 Å². The summed E-state index contributed by atoms with van der Waals surface area (Å²) in [4.78, 5) is 28.5. The summed E-state index contributed by atoms with van der Waals surface area (Å²) in [7, 11) is 0. The molecular weight excluding hydrogens is 376 g/mol. The van der Waals surface area contributed by atoms with Crippen molar-refractivity contribution in [2.24, 2.45) is 5.92 Å². The van der Waals surface area contributed by atoms with Crippen molar-refractivity contribution in [3.63, 3.8) is 0 Å². The van der Waals surface area contributed by atoms with Gasteiger partial charge in [0, 0.05) is 35.8 Å². The van der Waals surface area contributed by atoms with Crippen molar-refractivity contribution in [2.45, 2.75) is 39.9 Å². The van der Waals surface area contributed by atoms with Gasteiger partial charge in [0.15, 0.2) is 0 Å². The van der Waals surface area contributed by atoms with Gasteiger partial charge < -0.3 is 5.32 Å². The van der Waals surface area contributed by atoms with Gasteiger partial charge >= 0.3 is 6.18 Å². The summed E-state index contributed by atoms with van der Waals surface area (Å²) in [5.74, 6) is -1.78. The molecule has 8 heteroatoms. The number of rotatable bonds is 6. The fourth-order valence-electron chi connectivity index (χ4n) is 2.54. The first kappa shape index (κ1) is 21.5. The standard InChI is InChI=1S/C20H20F4N2O2/c1-11(2)18(27)9-17-7-14(4-12(3)26-17)19(28)25-10-13-5-15(20(22,23)24)8-16(21)6-13/h4-8,11H,9-10H2,1-3H3,(H,25,28). The molecule has 0 aliphatic rings. The first-order valence-electron chi connectivity index (χ1n) is 8.61. The van der Waals surface area contributed by atoms with Crippen molar-refractivity contribution < 1.29 is 27.2 Å². The van der Waals surface area contributed by atoms with E-state index < -0.39 is 23.5 Å². The van der Waals surface area contributed by atoms with Crippen molar-refractivity contribution in [2.75, 3.05) is 0 Å². The maximum Gasteiger partial charge on any atom is 0.416 e. The predicted octanol–water partition coefficient (Wildman–Crippen LogP) is 4.25. The van der Waals surface area contributed by atoms with Gasteiger partial charge in [-0.2, -0.15) is 13.2 Å². The molecule has 0 spiro atoms. The number of Topliss-reactive ketones (excluding diaryl/α,β-unsaturated/α-hetero) is 1. The minimum atomic E-state index is -4.68. The maximum absolute atomic E-state index is 13.4. The second-order valence-electron chi connectivity index (χ2n) is 6.81. The van der Waals surface area contributed by atoms with Crippen LogP contribution in [0.5, 0.6) is 0 Å². The number of alkyl halides is 3. The van der Waals surface area contributed by atoms with Crippen molar-refractivity contribution in [3.05, 3.63) is 64.2 Å². The normalized spacial score (nSPS) is 11.6. The molecular formula is C20H20F4N2O2. The minimum absolute atomic E-state index is 0.0123. The first-order chi connectivity index (χ1) is 13.0. The van der Waals surface area contributed by atoms with E-state index in [1.54, 1.807) is 20.8 Å². The lowest BCUT2D eigenvalue weighted by Gasteiger charge is -2.11. The van der Waals surface area contributed by atoms with Crippen LogP contribution in [-0.2, 0) is 23.9 Å². The monoisotopic (exact) mass is 396 g/mol. The molecule has 0 fully saturated rings. The molecule has 2 aromatic rings. The van der Waals surface area contributed by atoms with Gasteiger partial charge in [-0.3, -0.25) is 14.6 Å². The van der Waals surface area contributed by atoms with Crippen LogP contribution in [0.25, 0.3) is 0 Å². The highest BCUT2D eigenvalue weighted by Crippen LogP contribution is 2.30. The number of aromatic nitrogens is 1. The van der Waals surface area contributed by atoms with Gasteiger partial charge in [0.1, 0.15) is 11.6 Å². The van der Waals surface area contributed by atoms with E-state index >= 15 is 0 Å². The number of benzene rings is 1. The molecule has 0 bridgehead atoms. The number of aryl methyl sites for hydroxylation is 1. The van der Waals surface area contributed by atoms with Crippen molar-refractivity contribution in [3.8, 4) is 0 Å². The third kappa shape index (κ3) is 5.87. The minimum Gasteiger partial charge on any atom is -0.348 e. The Bertz CT molecular complexity index is 892. The Kier molecular flexibility index (Phi) is 6.53. The maximum atomic E-state index is 13.4. The van der Waals surface area contributed by atoms with Gasteiger partial charge in [0.05, 0.1) is 5.56 Å². The lowest BCUT2D eigenvalue weighted by molar-refractivity contribution is -0.137. The smallest absolute Gasteiger partial charge is 0.348 e. The zero-order valence-corrected chi connectivity index (χ0v) is 15.7. The number of amides is 1. The molecule has 0 saturated heterocycles. The number of ketones is 1. The molecule has 0 unspecified atom stereocenters. The van der Waals surface area contributed by atoms with Gasteiger partial charge in [-0.25, -0.2) is 4.39 Å². The Hall–Kier alpha value is -2.77. The topological polar surface area (TPSA) is 59.1 Å². The van der Waals surface area contributed by atoms with Crippen molar-refractivity contribution in [1.82, 2.24) is 10.3 Å².